The molecule has 1 aromatic carbocycles. The van der Waals surface area contributed by atoms with Gasteiger partial charge in [-0.15, -0.1) is 5.10 Å². The molecule has 0 aliphatic rings. The van der Waals surface area contributed by atoms with Crippen LogP contribution >= 0.6 is 0 Å². The van der Waals surface area contributed by atoms with Gasteiger partial charge in [-0.3, -0.25) is 4.79 Å². The van der Waals surface area contributed by atoms with Crippen molar-refractivity contribution < 1.29 is 4.85 Å². The first-order chi connectivity index (χ1) is 5.77. The smallest absolute Gasteiger partial charge is 0.299 e. The van der Waals surface area contributed by atoms with E-state index in [9.17, 15) is 10.0 Å². The lowest BCUT2D eigenvalue weighted by atomic mass is 10.2. The van der Waals surface area contributed by atoms with Gasteiger partial charge in [-0.25, -0.2) is 0 Å². The van der Waals surface area contributed by atoms with E-state index in [-0.39, 0.29) is 5.56 Å². The van der Waals surface area contributed by atoms with Gasteiger partial charge < -0.3 is 5.21 Å². The van der Waals surface area contributed by atoms with E-state index in [0.29, 0.717) is 15.7 Å². The van der Waals surface area contributed by atoms with Crippen LogP contribution in [-0.4, -0.2) is 5.10 Å². The van der Waals surface area contributed by atoms with Crippen molar-refractivity contribution in [1.82, 2.24) is 5.10 Å². The van der Waals surface area contributed by atoms with Crippen LogP contribution < -0.4 is 10.4 Å². The Balaban J connectivity index is 2.99. The topological polar surface area (TPSA) is 59.8 Å². The van der Waals surface area contributed by atoms with Crippen molar-refractivity contribution in [3.05, 3.63) is 45.9 Å². The zero-order valence-electron chi connectivity index (χ0n) is 6.15. The maximum absolute atomic E-state index is 11.1. The summed E-state index contributed by atoms with van der Waals surface area (Å²) >= 11 is 0. The number of rotatable bonds is 0. The first-order valence-corrected chi connectivity index (χ1v) is 3.49. The minimum Gasteiger partial charge on any atom is -0.596 e. The number of benzene rings is 1. The third-order valence-corrected chi connectivity index (χ3v) is 1.65. The molecule has 1 aromatic heterocycles. The first-order valence-electron chi connectivity index (χ1n) is 3.49. The van der Waals surface area contributed by atoms with Gasteiger partial charge in [0, 0.05) is 12.1 Å². The Morgan fingerprint density at radius 2 is 2.08 bits per heavy atom. The van der Waals surface area contributed by atoms with Crippen LogP contribution in [0, 0.1) is 5.21 Å². The Kier molecular flexibility index (Phi) is 1.33. The number of hydrogen-bond donors (Lipinski definition) is 1. The summed E-state index contributed by atoms with van der Waals surface area (Å²) in [5.74, 6) is 0. The van der Waals surface area contributed by atoms with Gasteiger partial charge in [0.2, 0.25) is 5.52 Å². The standard InChI is InChI=1S/C8H6N2O2/c11-8-5-6-3-1-2-4-7(6)10(12)9-8/h1-5H,(H,9,11). The fourth-order valence-electron chi connectivity index (χ4n) is 1.13. The third kappa shape index (κ3) is 0.934. The number of fused-ring (bicyclic) bond motifs is 1. The van der Waals surface area contributed by atoms with E-state index in [1.165, 1.54) is 6.07 Å². The lowest BCUT2D eigenvalue weighted by molar-refractivity contribution is -0.644. The Morgan fingerprint density at radius 1 is 1.33 bits per heavy atom. The minimum absolute atomic E-state index is 0.385. The molecule has 0 fully saturated rings. The molecule has 0 radical (unpaired) electrons. The summed E-state index contributed by atoms with van der Waals surface area (Å²) in [6.45, 7) is 0. The van der Waals surface area contributed by atoms with Crippen LogP contribution in [-0.2, 0) is 0 Å². The zero-order valence-corrected chi connectivity index (χ0v) is 6.15. The summed E-state index contributed by atoms with van der Waals surface area (Å²) in [5.41, 5.74) is 0.0841. The number of para-hydroxylation sites is 1. The molecule has 0 atom stereocenters. The van der Waals surface area contributed by atoms with E-state index in [1.54, 1.807) is 24.3 Å². The van der Waals surface area contributed by atoms with E-state index < -0.39 is 0 Å². The summed E-state index contributed by atoms with van der Waals surface area (Å²) < 4.78 is 0. The lowest BCUT2D eigenvalue weighted by Gasteiger charge is -1.97. The fraction of sp³-hybridized carbons (Fsp3) is 0. The number of aromatic amines is 1. The summed E-state index contributed by atoms with van der Waals surface area (Å²) in [6, 6.07) is 8.29. The van der Waals surface area contributed by atoms with Crippen LogP contribution in [0.1, 0.15) is 0 Å². The van der Waals surface area contributed by atoms with Gasteiger partial charge in [0.15, 0.2) is 0 Å². The average Bonchev–Trinajstić information content (AvgIpc) is 2.04. The van der Waals surface area contributed by atoms with Gasteiger partial charge in [0.05, 0.1) is 5.39 Å². The fourth-order valence-corrected chi connectivity index (χ4v) is 1.13. The molecule has 0 unspecified atom stereocenters. The molecular formula is C8H6N2O2. The quantitative estimate of drug-likeness (QED) is 0.443. The van der Waals surface area contributed by atoms with Crippen molar-refractivity contribution >= 4 is 10.9 Å². The third-order valence-electron chi connectivity index (χ3n) is 1.65. The van der Waals surface area contributed by atoms with Crippen molar-refractivity contribution in [3.63, 3.8) is 0 Å². The highest BCUT2D eigenvalue weighted by molar-refractivity contribution is 5.74. The van der Waals surface area contributed by atoms with E-state index in [4.69, 9.17) is 0 Å². The lowest BCUT2D eigenvalue weighted by Crippen LogP contribution is -2.37. The maximum atomic E-state index is 11.1. The SMILES string of the molecule is O=c1cc2ccccc2[n+]([O-])[nH]1. The summed E-state index contributed by atoms with van der Waals surface area (Å²) in [4.78, 5) is 11.3. The van der Waals surface area contributed by atoms with Gasteiger partial charge >= 0.3 is 0 Å². The number of nitrogens with zero attached hydrogens (tertiary/aromatic N) is 1. The van der Waals surface area contributed by atoms with Crippen LogP contribution in [0.5, 0.6) is 0 Å². The molecule has 4 nitrogen and oxygen atoms in total. The van der Waals surface area contributed by atoms with Crippen molar-refractivity contribution in [2.45, 2.75) is 0 Å². The molecule has 0 saturated carbocycles. The Morgan fingerprint density at radius 3 is 2.92 bits per heavy atom. The molecule has 0 amide bonds. The number of aromatic nitrogens is 2. The monoisotopic (exact) mass is 162 g/mol. The second-order valence-electron chi connectivity index (χ2n) is 2.47. The zero-order chi connectivity index (χ0) is 8.55. The molecule has 12 heavy (non-hydrogen) atoms. The normalized spacial score (nSPS) is 10.3. The molecule has 0 aliphatic heterocycles. The number of nitrogens with one attached hydrogen (secondary N) is 1. The van der Waals surface area contributed by atoms with Crippen molar-refractivity contribution in [3.8, 4) is 0 Å². The Hall–Kier alpha value is -1.84. The summed E-state index contributed by atoms with van der Waals surface area (Å²) in [5, 5.41) is 13.8. The van der Waals surface area contributed by atoms with Crippen LogP contribution in [0.4, 0.5) is 0 Å². The first kappa shape index (κ1) is 6.84. The molecular weight excluding hydrogens is 156 g/mol. The molecule has 2 rings (SSSR count). The molecule has 1 heterocycles. The highest BCUT2D eigenvalue weighted by Crippen LogP contribution is 2.03. The molecule has 1 N–H and O–H groups in total. The largest absolute Gasteiger partial charge is 0.596 e. The molecule has 2 aromatic rings. The number of H-pyrrole nitrogens is 1. The van der Waals surface area contributed by atoms with E-state index >= 15 is 0 Å². The predicted molar refractivity (Wildman–Crippen MR) is 43.5 cm³/mol. The van der Waals surface area contributed by atoms with Crippen LogP contribution in [0.2, 0.25) is 0 Å². The molecule has 0 aliphatic carbocycles. The van der Waals surface area contributed by atoms with Crippen molar-refractivity contribution in [2.24, 2.45) is 0 Å². The minimum atomic E-state index is -0.385. The highest BCUT2D eigenvalue weighted by atomic mass is 16.5. The van der Waals surface area contributed by atoms with Gasteiger partial charge in [0.1, 0.15) is 0 Å². The Labute approximate surface area is 67.6 Å². The summed E-state index contributed by atoms with van der Waals surface area (Å²) in [7, 11) is 0. The van der Waals surface area contributed by atoms with E-state index in [0.717, 1.165) is 0 Å². The van der Waals surface area contributed by atoms with Gasteiger partial charge in [-0.2, -0.15) is 0 Å². The van der Waals surface area contributed by atoms with Gasteiger partial charge in [-0.1, -0.05) is 17.0 Å². The van der Waals surface area contributed by atoms with Crippen molar-refractivity contribution in [2.75, 3.05) is 0 Å². The maximum Gasteiger partial charge on any atom is 0.299 e. The second kappa shape index (κ2) is 2.34. The van der Waals surface area contributed by atoms with Crippen molar-refractivity contribution in [1.29, 1.82) is 0 Å². The molecule has 4 heteroatoms. The van der Waals surface area contributed by atoms with Gasteiger partial charge in [0.25, 0.3) is 5.56 Å². The van der Waals surface area contributed by atoms with Crippen LogP contribution in [0.3, 0.4) is 0 Å². The average molecular weight is 162 g/mol. The second-order valence-corrected chi connectivity index (χ2v) is 2.47. The van der Waals surface area contributed by atoms with Crippen LogP contribution in [0.15, 0.2) is 35.1 Å². The molecule has 60 valence electrons. The molecule has 0 saturated heterocycles. The summed E-state index contributed by atoms with van der Waals surface area (Å²) in [6.07, 6.45) is 0. The Bertz CT molecular complexity index is 476. The van der Waals surface area contributed by atoms with E-state index in [2.05, 4.69) is 5.10 Å². The predicted octanol–water partition coefficient (Wildman–Crippen LogP) is 0.161. The number of hydrogen-bond acceptors (Lipinski definition) is 2. The van der Waals surface area contributed by atoms with Gasteiger partial charge in [-0.05, 0) is 6.07 Å². The molecule has 0 spiro atoms. The molecule has 0 bridgehead atoms. The highest BCUT2D eigenvalue weighted by Gasteiger charge is 2.02. The van der Waals surface area contributed by atoms with E-state index in [1.807, 2.05) is 0 Å². The van der Waals surface area contributed by atoms with Crippen LogP contribution in [0.25, 0.3) is 10.9 Å².